The Bertz CT molecular complexity index is 1260. The first kappa shape index (κ1) is 21.3. The maximum atomic E-state index is 12.1. The number of ether oxygens (including phenoxy) is 1. The van der Waals surface area contributed by atoms with Crippen molar-refractivity contribution in [2.24, 2.45) is 0 Å². The van der Waals surface area contributed by atoms with Crippen LogP contribution in [0.2, 0.25) is 5.02 Å². The van der Waals surface area contributed by atoms with Gasteiger partial charge in [-0.25, -0.2) is 4.68 Å². The lowest BCUT2D eigenvalue weighted by molar-refractivity contribution is -0.111. The third kappa shape index (κ3) is 5.19. The molecule has 32 heavy (non-hydrogen) atoms. The summed E-state index contributed by atoms with van der Waals surface area (Å²) in [6.45, 7) is 3.88. The van der Waals surface area contributed by atoms with E-state index < -0.39 is 0 Å². The molecule has 0 aliphatic rings. The Morgan fingerprint density at radius 1 is 1.03 bits per heavy atom. The van der Waals surface area contributed by atoms with Crippen molar-refractivity contribution < 1.29 is 9.53 Å². The van der Waals surface area contributed by atoms with E-state index in [1.807, 2.05) is 38.1 Å². The molecule has 0 atom stereocenters. The number of aromatic nitrogens is 4. The van der Waals surface area contributed by atoms with E-state index >= 15 is 0 Å². The number of amides is 1. The molecule has 0 radical (unpaired) electrons. The highest BCUT2D eigenvalue weighted by Crippen LogP contribution is 2.22. The van der Waals surface area contributed by atoms with Crippen LogP contribution >= 0.6 is 11.6 Å². The number of anilines is 1. The Kier molecular flexibility index (Phi) is 6.28. The van der Waals surface area contributed by atoms with Crippen molar-refractivity contribution in [3.05, 3.63) is 94.8 Å². The minimum Gasteiger partial charge on any atom is -0.438 e. The summed E-state index contributed by atoms with van der Waals surface area (Å²) in [6.07, 6.45) is 3.11. The Balaban J connectivity index is 1.36. The molecule has 0 bridgehead atoms. The minimum absolute atomic E-state index is 0.260. The van der Waals surface area contributed by atoms with Gasteiger partial charge in [-0.05, 0) is 68.0 Å². The second-order valence-electron chi connectivity index (χ2n) is 7.04. The Morgan fingerprint density at radius 3 is 2.47 bits per heavy atom. The number of rotatable bonds is 6. The molecule has 0 saturated heterocycles. The van der Waals surface area contributed by atoms with E-state index in [4.69, 9.17) is 16.3 Å². The number of nitrogens with one attached hydrogen (secondary N) is 1. The molecule has 1 N–H and O–H groups in total. The highest BCUT2D eigenvalue weighted by atomic mass is 35.5. The zero-order valence-electron chi connectivity index (χ0n) is 17.5. The number of hydrogen-bond acceptors (Lipinski definition) is 5. The van der Waals surface area contributed by atoms with Crippen LogP contribution in [0.4, 0.5) is 5.69 Å². The Morgan fingerprint density at radius 2 is 1.81 bits per heavy atom. The van der Waals surface area contributed by atoms with Gasteiger partial charge in [-0.1, -0.05) is 29.8 Å². The molecule has 1 amide bonds. The topological polar surface area (TPSA) is 81.9 Å². The number of benzene rings is 2. The van der Waals surface area contributed by atoms with Crippen LogP contribution in [0.15, 0.2) is 72.8 Å². The number of halogens is 1. The van der Waals surface area contributed by atoms with E-state index in [2.05, 4.69) is 20.6 Å². The van der Waals surface area contributed by atoms with Gasteiger partial charge in [0.15, 0.2) is 5.82 Å². The van der Waals surface area contributed by atoms with E-state index in [-0.39, 0.29) is 5.91 Å². The lowest BCUT2D eigenvalue weighted by Crippen LogP contribution is -2.07. The molecule has 2 heterocycles. The summed E-state index contributed by atoms with van der Waals surface area (Å²) in [6, 6.07) is 19.8. The van der Waals surface area contributed by atoms with Crippen LogP contribution in [-0.2, 0) is 4.79 Å². The summed E-state index contributed by atoms with van der Waals surface area (Å²) in [5.41, 5.74) is 3.30. The molecule has 7 nitrogen and oxygen atoms in total. The normalized spacial score (nSPS) is 11.0. The van der Waals surface area contributed by atoms with Crippen molar-refractivity contribution in [3.63, 3.8) is 0 Å². The van der Waals surface area contributed by atoms with Crippen molar-refractivity contribution in [1.82, 2.24) is 20.0 Å². The molecule has 0 unspecified atom stereocenters. The van der Waals surface area contributed by atoms with E-state index in [1.54, 1.807) is 53.2 Å². The smallest absolute Gasteiger partial charge is 0.248 e. The van der Waals surface area contributed by atoms with Crippen molar-refractivity contribution in [1.29, 1.82) is 0 Å². The number of nitrogens with zero attached hydrogens (tertiary/aromatic N) is 4. The number of carbonyl (C=O) groups is 1. The molecule has 0 aliphatic heterocycles. The number of aryl methyl sites for hydroxylation is 2. The van der Waals surface area contributed by atoms with Crippen LogP contribution in [0, 0.1) is 13.8 Å². The zero-order valence-corrected chi connectivity index (χ0v) is 18.2. The van der Waals surface area contributed by atoms with Gasteiger partial charge in [-0.3, -0.25) is 4.79 Å². The first-order valence-corrected chi connectivity index (χ1v) is 10.2. The van der Waals surface area contributed by atoms with Crippen molar-refractivity contribution in [2.45, 2.75) is 13.8 Å². The van der Waals surface area contributed by atoms with Gasteiger partial charge in [0.1, 0.15) is 5.75 Å². The third-order valence-corrected chi connectivity index (χ3v) is 4.86. The average molecular weight is 446 g/mol. The van der Waals surface area contributed by atoms with Gasteiger partial charge in [0.05, 0.1) is 5.69 Å². The molecule has 2 aromatic carbocycles. The molecular formula is C24H20ClN5O2. The second kappa shape index (κ2) is 9.45. The number of carbonyl (C=O) groups excluding carboxylic acids is 1. The quantitative estimate of drug-likeness (QED) is 0.403. The fourth-order valence-corrected chi connectivity index (χ4v) is 3.23. The summed E-state index contributed by atoms with van der Waals surface area (Å²) in [5, 5.41) is 16.1. The molecule has 160 valence electrons. The van der Waals surface area contributed by atoms with Crippen molar-refractivity contribution >= 4 is 29.3 Å². The molecule has 4 rings (SSSR count). The molecule has 8 heteroatoms. The highest BCUT2D eigenvalue weighted by molar-refractivity contribution is 6.32. The van der Waals surface area contributed by atoms with E-state index in [0.717, 1.165) is 17.0 Å². The fourth-order valence-electron chi connectivity index (χ4n) is 3.03. The van der Waals surface area contributed by atoms with Gasteiger partial charge >= 0.3 is 0 Å². The van der Waals surface area contributed by atoms with Crippen molar-refractivity contribution in [3.8, 4) is 17.4 Å². The maximum absolute atomic E-state index is 12.1. The summed E-state index contributed by atoms with van der Waals surface area (Å²) >= 11 is 6.09. The summed E-state index contributed by atoms with van der Waals surface area (Å²) < 4.78 is 7.46. The van der Waals surface area contributed by atoms with Crippen LogP contribution in [0.5, 0.6) is 11.6 Å². The van der Waals surface area contributed by atoms with Gasteiger partial charge in [0.25, 0.3) is 0 Å². The lowest BCUT2D eigenvalue weighted by Gasteiger charge is -2.07. The maximum Gasteiger partial charge on any atom is 0.248 e. The van der Waals surface area contributed by atoms with Gasteiger partial charge in [-0.15, -0.1) is 10.2 Å². The molecule has 0 spiro atoms. The van der Waals surface area contributed by atoms with Gasteiger partial charge < -0.3 is 10.1 Å². The van der Waals surface area contributed by atoms with E-state index in [0.29, 0.717) is 28.2 Å². The molecule has 4 aromatic rings. The van der Waals surface area contributed by atoms with Crippen LogP contribution in [0.3, 0.4) is 0 Å². The number of hydrogen-bond donors (Lipinski definition) is 1. The Hall–Kier alpha value is -3.97. The average Bonchev–Trinajstić information content (AvgIpc) is 3.13. The lowest BCUT2D eigenvalue weighted by atomic mass is 10.2. The van der Waals surface area contributed by atoms with Crippen molar-refractivity contribution in [2.75, 3.05) is 5.32 Å². The van der Waals surface area contributed by atoms with Crippen LogP contribution in [0.25, 0.3) is 11.9 Å². The largest absolute Gasteiger partial charge is 0.438 e. The molecule has 0 aliphatic carbocycles. The third-order valence-electron chi connectivity index (χ3n) is 4.52. The minimum atomic E-state index is -0.260. The highest BCUT2D eigenvalue weighted by Gasteiger charge is 2.07. The molecular weight excluding hydrogens is 426 g/mol. The first-order chi connectivity index (χ1) is 15.5. The second-order valence-corrected chi connectivity index (χ2v) is 7.45. The predicted molar refractivity (Wildman–Crippen MR) is 124 cm³/mol. The summed E-state index contributed by atoms with van der Waals surface area (Å²) in [4.78, 5) is 12.1. The fraction of sp³-hybridized carbons (Fsp3) is 0.0833. The SMILES string of the molecule is Cc1cc(C)n(-c2ccc(Oc3ccc(NC(=O)/C=C/c4ccccc4Cl)cc3)nn2)n1. The Labute approximate surface area is 190 Å². The zero-order chi connectivity index (χ0) is 22.5. The summed E-state index contributed by atoms with van der Waals surface area (Å²) in [7, 11) is 0. The molecule has 0 fully saturated rings. The van der Waals surface area contributed by atoms with Gasteiger partial charge in [0, 0.05) is 28.5 Å². The predicted octanol–water partition coefficient (Wildman–Crippen LogP) is 5.38. The molecule has 2 aromatic heterocycles. The van der Waals surface area contributed by atoms with Crippen LogP contribution in [0.1, 0.15) is 17.0 Å². The standard InChI is InChI=1S/C24H20ClN5O2/c1-16-15-17(2)30(29-16)22-12-14-24(28-27-22)32-20-10-8-19(9-11-20)26-23(31)13-7-18-5-3-4-6-21(18)25/h3-15H,1-2H3,(H,26,31)/b13-7+. The van der Waals surface area contributed by atoms with Crippen LogP contribution < -0.4 is 10.1 Å². The van der Waals surface area contributed by atoms with Gasteiger partial charge in [0.2, 0.25) is 11.8 Å². The van der Waals surface area contributed by atoms with Crippen LogP contribution in [-0.4, -0.2) is 25.9 Å². The van der Waals surface area contributed by atoms with E-state index in [1.165, 1.54) is 6.08 Å². The summed E-state index contributed by atoms with van der Waals surface area (Å²) in [5.74, 6) is 1.28. The first-order valence-electron chi connectivity index (χ1n) is 9.87. The van der Waals surface area contributed by atoms with E-state index in [9.17, 15) is 4.79 Å². The molecule has 0 saturated carbocycles. The van der Waals surface area contributed by atoms with Gasteiger partial charge in [-0.2, -0.15) is 5.10 Å². The monoisotopic (exact) mass is 445 g/mol.